The average Bonchev–Trinajstić information content (AvgIpc) is 3.53. The third-order valence-electron chi connectivity index (χ3n) is 11.5. The molecule has 0 saturated carbocycles. The van der Waals surface area contributed by atoms with Crippen molar-refractivity contribution in [2.24, 2.45) is 0 Å². The minimum absolute atomic E-state index is 0.195. The summed E-state index contributed by atoms with van der Waals surface area (Å²) in [6.45, 7) is 9.60. The number of hydrogen-bond donors (Lipinski definition) is 0. The molecule has 0 amide bonds. The Bertz CT molecular complexity index is 2170. The van der Waals surface area contributed by atoms with Crippen LogP contribution in [0.5, 0.6) is 0 Å². The lowest BCUT2D eigenvalue weighted by molar-refractivity contribution is 0.332. The molecule has 9 rings (SSSR count). The Labute approximate surface area is 277 Å². The average molecular weight is 613 g/mol. The summed E-state index contributed by atoms with van der Waals surface area (Å²) in [5.74, 6) is 0. The van der Waals surface area contributed by atoms with Crippen molar-refractivity contribution in [2.45, 2.75) is 56.8 Å². The topological polar surface area (TPSA) is 0 Å². The molecule has 0 bridgehead atoms. The van der Waals surface area contributed by atoms with Crippen molar-refractivity contribution in [3.05, 3.63) is 166 Å². The van der Waals surface area contributed by atoms with Crippen LogP contribution in [0.25, 0.3) is 44.5 Å². The zero-order valence-corrected chi connectivity index (χ0v) is 27.7. The van der Waals surface area contributed by atoms with Gasteiger partial charge in [0.15, 0.2) is 0 Å². The first kappa shape index (κ1) is 27.9. The smallest absolute Gasteiger partial charge is 0.0726 e. The molecule has 3 aliphatic carbocycles. The van der Waals surface area contributed by atoms with E-state index in [-0.39, 0.29) is 10.8 Å². The molecule has 0 saturated heterocycles. The highest BCUT2D eigenvalue weighted by atomic mass is 35.5. The van der Waals surface area contributed by atoms with Gasteiger partial charge in [0.25, 0.3) is 0 Å². The van der Waals surface area contributed by atoms with Crippen LogP contribution in [-0.4, -0.2) is 0 Å². The van der Waals surface area contributed by atoms with Gasteiger partial charge in [-0.05, 0) is 120 Å². The molecule has 0 radical (unpaired) electrons. The zero-order chi connectivity index (χ0) is 31.4. The predicted octanol–water partition coefficient (Wildman–Crippen LogP) is 12.4. The summed E-state index contributed by atoms with van der Waals surface area (Å²) in [4.78, 5) is 0. The molecule has 224 valence electrons. The maximum atomic E-state index is 6.74. The second-order valence-electron chi connectivity index (χ2n) is 14.9. The molecule has 0 heterocycles. The van der Waals surface area contributed by atoms with Crippen LogP contribution in [0.1, 0.15) is 73.9 Å². The fraction of sp³-hybridized carbons (Fsp3) is 0.200. The zero-order valence-electron chi connectivity index (χ0n) is 26.9. The van der Waals surface area contributed by atoms with E-state index in [0.717, 1.165) is 5.02 Å². The second-order valence-corrected chi connectivity index (χ2v) is 15.3. The van der Waals surface area contributed by atoms with E-state index in [1.807, 2.05) is 6.07 Å². The van der Waals surface area contributed by atoms with Gasteiger partial charge in [0.2, 0.25) is 0 Å². The minimum Gasteiger partial charge on any atom is -0.0843 e. The van der Waals surface area contributed by atoms with Crippen LogP contribution in [0.15, 0.2) is 127 Å². The number of rotatable bonds is 2. The molecule has 0 fully saturated rings. The summed E-state index contributed by atoms with van der Waals surface area (Å²) >= 11 is 6.74. The van der Waals surface area contributed by atoms with E-state index in [2.05, 4.69) is 149 Å². The van der Waals surface area contributed by atoms with Gasteiger partial charge in [-0.2, -0.15) is 0 Å². The summed E-state index contributed by atoms with van der Waals surface area (Å²) in [6.07, 6.45) is 2.46. The van der Waals surface area contributed by atoms with Crippen LogP contribution in [0.2, 0.25) is 5.02 Å². The van der Waals surface area contributed by atoms with Crippen molar-refractivity contribution in [2.75, 3.05) is 0 Å². The minimum atomic E-state index is -0.400. The summed E-state index contributed by atoms with van der Waals surface area (Å²) in [5.41, 5.74) is 18.5. The number of fused-ring (bicyclic) bond motifs is 11. The summed E-state index contributed by atoms with van der Waals surface area (Å²) in [5, 5.41) is 0.776. The largest absolute Gasteiger partial charge is 0.0843 e. The van der Waals surface area contributed by atoms with E-state index >= 15 is 0 Å². The molecule has 6 aromatic rings. The third-order valence-corrected chi connectivity index (χ3v) is 11.7. The molecule has 0 N–H and O–H groups in total. The van der Waals surface area contributed by atoms with Crippen molar-refractivity contribution in [3.8, 4) is 44.5 Å². The predicted molar refractivity (Wildman–Crippen MR) is 194 cm³/mol. The summed E-state index contributed by atoms with van der Waals surface area (Å²) in [6, 6.07) is 47.8. The van der Waals surface area contributed by atoms with Gasteiger partial charge in [0, 0.05) is 5.02 Å². The fourth-order valence-corrected chi connectivity index (χ4v) is 9.09. The lowest BCUT2D eigenvalue weighted by Gasteiger charge is -2.42. The highest BCUT2D eigenvalue weighted by molar-refractivity contribution is 6.30. The van der Waals surface area contributed by atoms with E-state index in [1.165, 1.54) is 90.7 Å². The van der Waals surface area contributed by atoms with E-state index in [9.17, 15) is 0 Å². The van der Waals surface area contributed by atoms with Crippen LogP contribution in [0.3, 0.4) is 0 Å². The van der Waals surface area contributed by atoms with E-state index in [4.69, 9.17) is 11.6 Å². The molecule has 3 aliphatic rings. The third kappa shape index (κ3) is 3.74. The molecule has 0 aliphatic heterocycles. The Morgan fingerprint density at radius 2 is 0.826 bits per heavy atom. The Kier molecular flexibility index (Phi) is 5.80. The molecule has 6 aromatic carbocycles. The maximum absolute atomic E-state index is 6.74. The molecule has 46 heavy (non-hydrogen) atoms. The summed E-state index contributed by atoms with van der Waals surface area (Å²) in [7, 11) is 0. The van der Waals surface area contributed by atoms with E-state index in [1.54, 1.807) is 0 Å². The SMILES string of the molecule is CC1(C)CCC(C)(C)c2cc(-c3ccc(-c4ccc5c(c4)C4(c6ccccc6-c6ccccc64)c4cc(Cl)ccc4-5)cc3)ccc21. The van der Waals surface area contributed by atoms with Gasteiger partial charge in [-0.25, -0.2) is 0 Å². The normalized spacial score (nSPS) is 17.2. The standard InChI is InChI=1S/C45H37Cl/c1-43(2)23-24-44(3,4)42-26-31(18-22-39(42)43)29-15-13-28(14-16-29)30-17-20-35-36-21-19-32(46)27-41(36)45(40(35)25-30)37-11-7-5-9-33(37)34-10-6-8-12-38(34)45/h5-22,25-27H,23-24H2,1-4H3. The van der Waals surface area contributed by atoms with Gasteiger partial charge >= 0.3 is 0 Å². The van der Waals surface area contributed by atoms with Gasteiger partial charge in [0.05, 0.1) is 5.41 Å². The van der Waals surface area contributed by atoms with E-state index in [0.29, 0.717) is 0 Å². The molecule has 0 unspecified atom stereocenters. The highest BCUT2D eigenvalue weighted by Gasteiger charge is 2.51. The van der Waals surface area contributed by atoms with Gasteiger partial charge in [-0.1, -0.05) is 148 Å². The first-order chi connectivity index (χ1) is 22.2. The Hall–Kier alpha value is -4.39. The van der Waals surface area contributed by atoms with Crippen LogP contribution in [0.4, 0.5) is 0 Å². The van der Waals surface area contributed by atoms with Gasteiger partial charge < -0.3 is 0 Å². The van der Waals surface area contributed by atoms with Gasteiger partial charge in [-0.15, -0.1) is 0 Å². The Morgan fingerprint density at radius 1 is 0.391 bits per heavy atom. The monoisotopic (exact) mass is 612 g/mol. The van der Waals surface area contributed by atoms with Crippen LogP contribution < -0.4 is 0 Å². The number of hydrogen-bond acceptors (Lipinski definition) is 0. The van der Waals surface area contributed by atoms with Crippen molar-refractivity contribution in [1.82, 2.24) is 0 Å². The molecular weight excluding hydrogens is 576 g/mol. The van der Waals surface area contributed by atoms with Gasteiger partial charge in [-0.3, -0.25) is 0 Å². The molecule has 0 atom stereocenters. The Balaban J connectivity index is 1.18. The van der Waals surface area contributed by atoms with Crippen molar-refractivity contribution >= 4 is 11.6 Å². The van der Waals surface area contributed by atoms with Crippen molar-refractivity contribution < 1.29 is 0 Å². The second kappa shape index (κ2) is 9.57. The molecule has 0 nitrogen and oxygen atoms in total. The lowest BCUT2D eigenvalue weighted by Crippen LogP contribution is -2.33. The van der Waals surface area contributed by atoms with Crippen LogP contribution in [0, 0.1) is 0 Å². The molecule has 1 spiro atoms. The maximum Gasteiger partial charge on any atom is 0.0726 e. The van der Waals surface area contributed by atoms with Crippen LogP contribution in [-0.2, 0) is 16.2 Å². The Morgan fingerprint density at radius 3 is 1.43 bits per heavy atom. The lowest BCUT2D eigenvalue weighted by atomic mass is 9.63. The number of benzene rings is 6. The van der Waals surface area contributed by atoms with E-state index < -0.39 is 5.41 Å². The fourth-order valence-electron chi connectivity index (χ4n) is 8.91. The number of halogens is 1. The highest BCUT2D eigenvalue weighted by Crippen LogP contribution is 2.63. The first-order valence-electron chi connectivity index (χ1n) is 16.6. The summed E-state index contributed by atoms with van der Waals surface area (Å²) < 4.78 is 0. The van der Waals surface area contributed by atoms with Gasteiger partial charge in [0.1, 0.15) is 0 Å². The molecule has 0 aromatic heterocycles. The van der Waals surface area contributed by atoms with Crippen LogP contribution >= 0.6 is 11.6 Å². The van der Waals surface area contributed by atoms with Crippen molar-refractivity contribution in [1.29, 1.82) is 0 Å². The molecular formula is C45H37Cl. The first-order valence-corrected chi connectivity index (χ1v) is 17.0. The quantitative estimate of drug-likeness (QED) is 0.182. The molecule has 1 heteroatoms. The van der Waals surface area contributed by atoms with Crippen molar-refractivity contribution in [3.63, 3.8) is 0 Å².